The van der Waals surface area contributed by atoms with Crippen molar-refractivity contribution in [2.45, 2.75) is 39.7 Å². The minimum Gasteiger partial charge on any atom is -0.355 e. The van der Waals surface area contributed by atoms with Gasteiger partial charge < -0.3 is 10.2 Å². The lowest BCUT2D eigenvalue weighted by Gasteiger charge is -2.32. The first-order chi connectivity index (χ1) is 12.0. The van der Waals surface area contributed by atoms with E-state index in [4.69, 9.17) is 0 Å². The van der Waals surface area contributed by atoms with Gasteiger partial charge in [-0.15, -0.1) is 0 Å². The lowest BCUT2D eigenvalue weighted by Crippen LogP contribution is -2.41. The van der Waals surface area contributed by atoms with Crippen molar-refractivity contribution in [3.05, 3.63) is 53.5 Å². The van der Waals surface area contributed by atoms with Crippen molar-refractivity contribution in [3.8, 4) is 0 Å². The van der Waals surface area contributed by atoms with Crippen LogP contribution in [0.3, 0.4) is 0 Å². The van der Waals surface area contributed by atoms with E-state index in [1.54, 1.807) is 18.6 Å². The maximum Gasteiger partial charge on any atom is 0.223 e. The highest BCUT2D eigenvalue weighted by Crippen LogP contribution is 2.23. The molecule has 5 nitrogen and oxygen atoms in total. The Balaban J connectivity index is 1.56. The van der Waals surface area contributed by atoms with Gasteiger partial charge >= 0.3 is 0 Å². The molecule has 3 rings (SSSR count). The molecule has 1 aromatic heterocycles. The maximum atomic E-state index is 12.6. The molecular weight excluding hydrogens is 312 g/mol. The Morgan fingerprint density at radius 2 is 1.84 bits per heavy atom. The summed E-state index contributed by atoms with van der Waals surface area (Å²) in [5, 5.41) is 3.19. The second kappa shape index (κ2) is 7.64. The average molecular weight is 338 g/mol. The van der Waals surface area contributed by atoms with Crippen molar-refractivity contribution in [1.29, 1.82) is 0 Å². The van der Waals surface area contributed by atoms with Crippen molar-refractivity contribution in [2.75, 3.05) is 18.0 Å². The van der Waals surface area contributed by atoms with Crippen LogP contribution in [0.15, 0.2) is 36.8 Å². The molecule has 0 aliphatic carbocycles. The number of nitrogens with one attached hydrogen (secondary N) is 1. The third-order valence-electron chi connectivity index (χ3n) is 4.84. The van der Waals surface area contributed by atoms with Crippen LogP contribution in [0, 0.1) is 19.8 Å². The number of amides is 1. The number of anilines is 1. The van der Waals surface area contributed by atoms with Crippen molar-refractivity contribution in [3.63, 3.8) is 0 Å². The van der Waals surface area contributed by atoms with E-state index in [0.717, 1.165) is 31.7 Å². The van der Waals surface area contributed by atoms with Gasteiger partial charge in [0.05, 0.1) is 12.2 Å². The standard InChI is InChI=1S/C20H26N4O/c1-14-10-15(2)12-18(11-14)16(3)23-20(25)17-4-8-24(9-5-17)19-13-21-6-7-22-19/h6-7,10-13,16-17H,4-5,8-9H2,1-3H3,(H,23,25)/t16-/m0/s1. The summed E-state index contributed by atoms with van der Waals surface area (Å²) in [5.41, 5.74) is 3.63. The highest BCUT2D eigenvalue weighted by Gasteiger charge is 2.26. The van der Waals surface area contributed by atoms with Gasteiger partial charge in [-0.1, -0.05) is 29.3 Å². The van der Waals surface area contributed by atoms with Gasteiger partial charge in [-0.25, -0.2) is 4.98 Å². The maximum absolute atomic E-state index is 12.6. The number of hydrogen-bond acceptors (Lipinski definition) is 4. The highest BCUT2D eigenvalue weighted by atomic mass is 16.1. The molecule has 5 heteroatoms. The number of hydrogen-bond donors (Lipinski definition) is 1. The Labute approximate surface area is 149 Å². The minimum absolute atomic E-state index is 0.0316. The van der Waals surface area contributed by atoms with Gasteiger partial charge in [0, 0.05) is 31.4 Å². The second-order valence-corrected chi connectivity index (χ2v) is 6.98. The summed E-state index contributed by atoms with van der Waals surface area (Å²) in [6.07, 6.45) is 6.87. The van der Waals surface area contributed by atoms with Gasteiger partial charge in [-0.05, 0) is 39.2 Å². The fourth-order valence-electron chi connectivity index (χ4n) is 3.50. The third-order valence-corrected chi connectivity index (χ3v) is 4.84. The molecule has 0 bridgehead atoms. The van der Waals surface area contributed by atoms with Crippen LogP contribution in [0.25, 0.3) is 0 Å². The second-order valence-electron chi connectivity index (χ2n) is 6.98. The number of carbonyl (C=O) groups is 1. The van der Waals surface area contributed by atoms with Crippen LogP contribution in [0.4, 0.5) is 5.82 Å². The molecule has 1 saturated heterocycles. The predicted molar refractivity (Wildman–Crippen MR) is 99.4 cm³/mol. The van der Waals surface area contributed by atoms with E-state index in [9.17, 15) is 4.79 Å². The topological polar surface area (TPSA) is 58.1 Å². The van der Waals surface area contributed by atoms with Crippen LogP contribution >= 0.6 is 0 Å². The first-order valence-electron chi connectivity index (χ1n) is 8.92. The number of nitrogens with zero attached hydrogens (tertiary/aromatic N) is 3. The van der Waals surface area contributed by atoms with Crippen LogP contribution in [0.2, 0.25) is 0 Å². The Bertz CT molecular complexity index is 703. The van der Waals surface area contributed by atoms with Crippen molar-refractivity contribution < 1.29 is 4.79 Å². The van der Waals surface area contributed by atoms with Gasteiger partial charge in [0.1, 0.15) is 5.82 Å². The molecule has 0 spiro atoms. The molecule has 0 radical (unpaired) electrons. The molecule has 0 unspecified atom stereocenters. The van der Waals surface area contributed by atoms with Crippen LogP contribution in [0.1, 0.15) is 42.5 Å². The molecule has 1 fully saturated rings. The quantitative estimate of drug-likeness (QED) is 0.930. The number of carbonyl (C=O) groups excluding carboxylic acids is 1. The van der Waals surface area contributed by atoms with Crippen LogP contribution in [-0.4, -0.2) is 29.0 Å². The smallest absolute Gasteiger partial charge is 0.223 e. The number of aryl methyl sites for hydroxylation is 2. The molecule has 2 heterocycles. The van der Waals surface area contributed by atoms with E-state index in [1.807, 2.05) is 0 Å². The molecule has 132 valence electrons. The predicted octanol–water partition coefficient (Wildman–Crippen LogP) is 3.19. The zero-order valence-electron chi connectivity index (χ0n) is 15.2. The molecule has 2 aromatic rings. The molecule has 0 saturated carbocycles. The largest absolute Gasteiger partial charge is 0.355 e. The summed E-state index contributed by atoms with van der Waals surface area (Å²) in [6, 6.07) is 6.48. The van der Waals surface area contributed by atoms with Crippen LogP contribution < -0.4 is 10.2 Å². The summed E-state index contributed by atoms with van der Waals surface area (Å²) in [6.45, 7) is 7.92. The van der Waals surface area contributed by atoms with Crippen molar-refractivity contribution in [2.24, 2.45) is 5.92 Å². The third kappa shape index (κ3) is 4.35. The van der Waals surface area contributed by atoms with Crippen LogP contribution in [-0.2, 0) is 4.79 Å². The lowest BCUT2D eigenvalue weighted by atomic mass is 9.95. The normalized spacial score (nSPS) is 16.5. The molecule has 1 aliphatic rings. The first-order valence-corrected chi connectivity index (χ1v) is 8.92. The monoisotopic (exact) mass is 338 g/mol. The van der Waals surface area contributed by atoms with Gasteiger partial charge in [0.15, 0.2) is 0 Å². The van der Waals surface area contributed by atoms with Crippen molar-refractivity contribution in [1.82, 2.24) is 15.3 Å². The van der Waals surface area contributed by atoms with E-state index in [2.05, 4.69) is 59.2 Å². The van der Waals surface area contributed by atoms with Gasteiger partial charge in [0.25, 0.3) is 0 Å². The number of aromatic nitrogens is 2. The summed E-state index contributed by atoms with van der Waals surface area (Å²) in [7, 11) is 0. The first kappa shape index (κ1) is 17.4. The fraction of sp³-hybridized carbons (Fsp3) is 0.450. The van der Waals surface area contributed by atoms with Gasteiger partial charge in [-0.2, -0.15) is 0 Å². The molecule has 1 aliphatic heterocycles. The van der Waals surface area contributed by atoms with E-state index < -0.39 is 0 Å². The lowest BCUT2D eigenvalue weighted by molar-refractivity contribution is -0.126. The number of benzene rings is 1. The number of piperidine rings is 1. The zero-order chi connectivity index (χ0) is 17.8. The van der Waals surface area contributed by atoms with Crippen LogP contribution in [0.5, 0.6) is 0 Å². The fourth-order valence-corrected chi connectivity index (χ4v) is 3.50. The molecular formula is C20H26N4O. The Morgan fingerprint density at radius 1 is 1.16 bits per heavy atom. The molecule has 1 N–H and O–H groups in total. The molecule has 1 amide bonds. The molecule has 25 heavy (non-hydrogen) atoms. The Morgan fingerprint density at radius 3 is 2.44 bits per heavy atom. The Hall–Kier alpha value is -2.43. The summed E-state index contributed by atoms with van der Waals surface area (Å²) >= 11 is 0. The van der Waals surface area contributed by atoms with E-state index >= 15 is 0 Å². The van der Waals surface area contributed by atoms with E-state index in [-0.39, 0.29) is 17.9 Å². The van der Waals surface area contributed by atoms with E-state index in [1.165, 1.54) is 16.7 Å². The number of rotatable bonds is 4. The SMILES string of the molecule is Cc1cc(C)cc([C@H](C)NC(=O)C2CCN(c3cnccn3)CC2)c1. The van der Waals surface area contributed by atoms with Gasteiger partial charge in [0.2, 0.25) is 5.91 Å². The highest BCUT2D eigenvalue weighted by molar-refractivity contribution is 5.79. The van der Waals surface area contributed by atoms with Gasteiger partial charge in [-0.3, -0.25) is 9.78 Å². The summed E-state index contributed by atoms with van der Waals surface area (Å²) in [4.78, 5) is 23.3. The molecule has 1 aromatic carbocycles. The molecule has 1 atom stereocenters. The summed E-state index contributed by atoms with van der Waals surface area (Å²) in [5.74, 6) is 1.12. The average Bonchev–Trinajstić information content (AvgIpc) is 2.61. The van der Waals surface area contributed by atoms with Crippen molar-refractivity contribution >= 4 is 11.7 Å². The van der Waals surface area contributed by atoms with E-state index in [0.29, 0.717) is 0 Å². The zero-order valence-corrected chi connectivity index (χ0v) is 15.2. The minimum atomic E-state index is 0.0316. The summed E-state index contributed by atoms with van der Waals surface area (Å²) < 4.78 is 0. The Kier molecular flexibility index (Phi) is 5.31.